The molecule has 2 atom stereocenters. The van der Waals surface area contributed by atoms with Crippen LogP contribution in [0.1, 0.15) is 32.1 Å². The molecule has 2 unspecified atom stereocenters. The molecule has 0 heterocycles. The summed E-state index contributed by atoms with van der Waals surface area (Å²) in [5.41, 5.74) is 0. The molecule has 1 N–H and O–H groups in total. The molecule has 0 bridgehead atoms. The van der Waals surface area contributed by atoms with E-state index in [-0.39, 0.29) is 0 Å². The smallest absolute Gasteiger partial charge is 0.223 e. The average molecular weight is 227 g/mol. The maximum Gasteiger partial charge on any atom is 0.223 e. The van der Waals surface area contributed by atoms with Crippen LogP contribution in [0, 0.1) is 17.8 Å². The van der Waals surface area contributed by atoms with Gasteiger partial charge in [-0.1, -0.05) is 0 Å². The fraction of sp³-hybridized carbons (Fsp3) is 0.917. The van der Waals surface area contributed by atoms with E-state index < -0.39 is 0 Å². The quantitative estimate of drug-likeness (QED) is 0.705. The fourth-order valence-electron chi connectivity index (χ4n) is 2.66. The van der Waals surface area contributed by atoms with Gasteiger partial charge in [0.05, 0.1) is 0 Å². The Morgan fingerprint density at radius 3 is 2.67 bits per heavy atom. The van der Waals surface area contributed by atoms with Crippen molar-refractivity contribution in [2.45, 2.75) is 32.1 Å². The topological polar surface area (TPSA) is 29.1 Å². The van der Waals surface area contributed by atoms with Crippen LogP contribution < -0.4 is 5.32 Å². The van der Waals surface area contributed by atoms with Gasteiger partial charge in [0.2, 0.25) is 5.91 Å². The molecule has 2 aliphatic carbocycles. The van der Waals surface area contributed by atoms with Gasteiger partial charge < -0.3 is 5.32 Å². The molecule has 15 heavy (non-hydrogen) atoms. The number of thioether (sulfide) groups is 1. The molecule has 0 aromatic heterocycles. The Labute approximate surface area is 96.6 Å². The molecule has 2 rings (SSSR count). The van der Waals surface area contributed by atoms with E-state index in [9.17, 15) is 4.79 Å². The SMILES string of the molecule is CSCCCCNC(=O)C1CC2CC2C1. The lowest BCUT2D eigenvalue weighted by atomic mass is 10.0. The van der Waals surface area contributed by atoms with E-state index in [1.165, 1.54) is 31.4 Å². The van der Waals surface area contributed by atoms with Gasteiger partial charge in [0.1, 0.15) is 0 Å². The van der Waals surface area contributed by atoms with E-state index in [4.69, 9.17) is 0 Å². The maximum absolute atomic E-state index is 11.7. The minimum atomic E-state index is 0.325. The number of rotatable bonds is 6. The maximum atomic E-state index is 11.7. The van der Waals surface area contributed by atoms with Crippen molar-refractivity contribution in [1.82, 2.24) is 5.32 Å². The molecular formula is C12H21NOS. The first-order valence-corrected chi connectivity index (χ1v) is 7.47. The number of carbonyl (C=O) groups is 1. The molecule has 86 valence electrons. The zero-order valence-electron chi connectivity index (χ0n) is 9.50. The van der Waals surface area contributed by atoms with E-state index in [0.717, 1.165) is 24.8 Å². The number of unbranched alkanes of at least 4 members (excludes halogenated alkanes) is 1. The number of fused-ring (bicyclic) bond motifs is 1. The molecule has 0 aromatic carbocycles. The van der Waals surface area contributed by atoms with E-state index in [1.54, 1.807) is 0 Å². The molecule has 0 aromatic rings. The molecule has 2 aliphatic rings. The number of amides is 1. The van der Waals surface area contributed by atoms with Crippen molar-refractivity contribution < 1.29 is 4.79 Å². The van der Waals surface area contributed by atoms with Gasteiger partial charge in [-0.05, 0) is 55.9 Å². The van der Waals surface area contributed by atoms with Crippen LogP contribution in [0.25, 0.3) is 0 Å². The summed E-state index contributed by atoms with van der Waals surface area (Å²) in [5, 5.41) is 3.08. The highest BCUT2D eigenvalue weighted by Crippen LogP contribution is 2.54. The van der Waals surface area contributed by atoms with E-state index in [1.807, 2.05) is 11.8 Å². The zero-order chi connectivity index (χ0) is 10.7. The van der Waals surface area contributed by atoms with Crippen molar-refractivity contribution in [3.8, 4) is 0 Å². The summed E-state index contributed by atoms with van der Waals surface area (Å²) in [6, 6.07) is 0. The molecule has 2 saturated carbocycles. The highest BCUT2D eigenvalue weighted by Gasteiger charge is 2.47. The van der Waals surface area contributed by atoms with Crippen molar-refractivity contribution in [2.75, 3.05) is 18.6 Å². The second kappa shape index (κ2) is 5.24. The fourth-order valence-corrected chi connectivity index (χ4v) is 3.15. The summed E-state index contributed by atoms with van der Waals surface area (Å²) in [5.74, 6) is 3.72. The molecule has 2 fully saturated rings. The summed E-state index contributed by atoms with van der Waals surface area (Å²) >= 11 is 1.88. The standard InChI is InChI=1S/C12H21NOS/c1-15-5-3-2-4-13-12(14)11-7-9-6-10(9)8-11/h9-11H,2-8H2,1H3,(H,13,14). The van der Waals surface area contributed by atoms with Crippen molar-refractivity contribution >= 4 is 17.7 Å². The Morgan fingerprint density at radius 1 is 1.27 bits per heavy atom. The predicted molar refractivity (Wildman–Crippen MR) is 64.9 cm³/mol. The number of nitrogens with one attached hydrogen (secondary N) is 1. The van der Waals surface area contributed by atoms with E-state index >= 15 is 0 Å². The van der Waals surface area contributed by atoms with Gasteiger partial charge in [0, 0.05) is 12.5 Å². The molecule has 0 radical (unpaired) electrons. The van der Waals surface area contributed by atoms with Crippen LogP contribution >= 0.6 is 11.8 Å². The Bertz CT molecular complexity index is 222. The van der Waals surface area contributed by atoms with Crippen molar-refractivity contribution in [3.63, 3.8) is 0 Å². The first kappa shape index (κ1) is 11.3. The average Bonchev–Trinajstić information content (AvgIpc) is 2.85. The summed E-state index contributed by atoms with van der Waals surface area (Å²) in [7, 11) is 0. The Kier molecular flexibility index (Phi) is 3.95. The highest BCUT2D eigenvalue weighted by atomic mass is 32.2. The van der Waals surface area contributed by atoms with Gasteiger partial charge in [0.15, 0.2) is 0 Å². The number of hydrogen-bond donors (Lipinski definition) is 1. The van der Waals surface area contributed by atoms with Gasteiger partial charge in [-0.25, -0.2) is 0 Å². The second-order valence-electron chi connectivity index (χ2n) is 4.92. The highest BCUT2D eigenvalue weighted by molar-refractivity contribution is 7.98. The molecule has 1 amide bonds. The summed E-state index contributed by atoms with van der Waals surface area (Å²) in [6.45, 7) is 0.880. The predicted octanol–water partition coefficient (Wildman–Crippen LogP) is 2.29. The van der Waals surface area contributed by atoms with Crippen molar-refractivity contribution in [3.05, 3.63) is 0 Å². The zero-order valence-corrected chi connectivity index (χ0v) is 10.3. The molecule has 3 heteroatoms. The van der Waals surface area contributed by atoms with Crippen molar-refractivity contribution in [2.24, 2.45) is 17.8 Å². The normalized spacial score (nSPS) is 32.5. The van der Waals surface area contributed by atoms with Gasteiger partial charge in [0.25, 0.3) is 0 Å². The number of carbonyl (C=O) groups excluding carboxylic acids is 1. The lowest BCUT2D eigenvalue weighted by Gasteiger charge is -2.11. The summed E-state index contributed by atoms with van der Waals surface area (Å²) in [4.78, 5) is 11.7. The summed E-state index contributed by atoms with van der Waals surface area (Å²) in [6.07, 6.45) is 8.22. The molecule has 0 aliphatic heterocycles. The lowest BCUT2D eigenvalue weighted by Crippen LogP contribution is -2.30. The third kappa shape index (κ3) is 3.13. The van der Waals surface area contributed by atoms with E-state index in [0.29, 0.717) is 11.8 Å². The van der Waals surface area contributed by atoms with Crippen LogP contribution in [0.15, 0.2) is 0 Å². The van der Waals surface area contributed by atoms with Crippen LogP contribution in [0.4, 0.5) is 0 Å². The first-order valence-electron chi connectivity index (χ1n) is 6.08. The largest absolute Gasteiger partial charge is 0.356 e. The van der Waals surface area contributed by atoms with E-state index in [2.05, 4.69) is 11.6 Å². The van der Waals surface area contributed by atoms with Crippen LogP contribution in [0.5, 0.6) is 0 Å². The Morgan fingerprint density at radius 2 is 2.00 bits per heavy atom. The minimum absolute atomic E-state index is 0.325. The Hall–Kier alpha value is -0.180. The third-order valence-corrected chi connectivity index (χ3v) is 4.39. The van der Waals surface area contributed by atoms with Gasteiger partial charge in [-0.15, -0.1) is 0 Å². The molecule has 2 nitrogen and oxygen atoms in total. The minimum Gasteiger partial charge on any atom is -0.356 e. The van der Waals surface area contributed by atoms with Crippen LogP contribution in [-0.4, -0.2) is 24.5 Å². The van der Waals surface area contributed by atoms with Gasteiger partial charge >= 0.3 is 0 Å². The molecular weight excluding hydrogens is 206 g/mol. The lowest BCUT2D eigenvalue weighted by molar-refractivity contribution is -0.125. The van der Waals surface area contributed by atoms with Crippen LogP contribution in [0.3, 0.4) is 0 Å². The second-order valence-corrected chi connectivity index (χ2v) is 5.90. The Balaban J connectivity index is 1.53. The van der Waals surface area contributed by atoms with Crippen LogP contribution in [0.2, 0.25) is 0 Å². The first-order chi connectivity index (χ1) is 7.31. The molecule has 0 saturated heterocycles. The van der Waals surface area contributed by atoms with Crippen LogP contribution in [-0.2, 0) is 4.79 Å². The molecule has 0 spiro atoms. The van der Waals surface area contributed by atoms with Gasteiger partial charge in [-0.2, -0.15) is 11.8 Å². The number of hydrogen-bond acceptors (Lipinski definition) is 2. The summed E-state index contributed by atoms with van der Waals surface area (Å²) < 4.78 is 0. The third-order valence-electron chi connectivity index (χ3n) is 3.69. The monoisotopic (exact) mass is 227 g/mol. The van der Waals surface area contributed by atoms with Crippen molar-refractivity contribution in [1.29, 1.82) is 0 Å². The van der Waals surface area contributed by atoms with Gasteiger partial charge in [-0.3, -0.25) is 4.79 Å².